The Hall–Kier alpha value is -3.83. The molecule has 1 aliphatic heterocycles. The van der Waals surface area contributed by atoms with Crippen LogP contribution < -0.4 is 9.11 Å². The maximum atomic E-state index is 14.6. The van der Waals surface area contributed by atoms with Crippen molar-refractivity contribution in [1.82, 2.24) is 4.57 Å². The maximum Gasteiger partial charge on any atom is 0.326 e. The molecule has 0 unspecified atom stereocenters. The number of aryl methyl sites for hydroxylation is 1. The Kier molecular flexibility index (Phi) is 7.13. The lowest BCUT2D eigenvalue weighted by molar-refractivity contribution is -0.143. The smallest absolute Gasteiger partial charge is 0.326 e. The van der Waals surface area contributed by atoms with Crippen LogP contribution in [0.5, 0.6) is 0 Å². The first-order valence-electron chi connectivity index (χ1n) is 12.0. The summed E-state index contributed by atoms with van der Waals surface area (Å²) in [4.78, 5) is 29.5. The first-order valence-corrected chi connectivity index (χ1v) is 14.3. The second-order valence-corrected chi connectivity index (χ2v) is 11.5. The fourth-order valence-electron chi connectivity index (χ4n) is 4.45. The number of sulfonamides is 1. The second kappa shape index (κ2) is 10.5. The van der Waals surface area contributed by atoms with Gasteiger partial charge in [0.15, 0.2) is 4.80 Å². The predicted molar refractivity (Wildman–Crippen MR) is 142 cm³/mol. The highest BCUT2D eigenvalue weighted by molar-refractivity contribution is 7.92. The van der Waals surface area contributed by atoms with Crippen molar-refractivity contribution < 1.29 is 27.1 Å². The molecule has 0 saturated heterocycles. The fourth-order valence-corrected chi connectivity index (χ4v) is 7.03. The van der Waals surface area contributed by atoms with Crippen molar-refractivity contribution in [3.8, 4) is 0 Å². The van der Waals surface area contributed by atoms with E-state index in [1.54, 1.807) is 19.1 Å². The molecular formula is C27H24FN3O5S2. The van der Waals surface area contributed by atoms with Crippen LogP contribution in [-0.2, 0) is 32.5 Å². The zero-order valence-electron chi connectivity index (χ0n) is 20.5. The molecule has 0 N–H and O–H groups in total. The molecule has 11 heteroatoms. The number of para-hydroxylation sites is 2. The monoisotopic (exact) mass is 553 g/mol. The Morgan fingerprint density at radius 3 is 2.58 bits per heavy atom. The Bertz CT molecular complexity index is 1710. The number of hydrogen-bond acceptors (Lipinski definition) is 6. The number of carbonyl (C=O) groups is 2. The van der Waals surface area contributed by atoms with Crippen molar-refractivity contribution in [3.05, 3.63) is 88.5 Å². The molecule has 38 heavy (non-hydrogen) atoms. The number of carbonyl (C=O) groups excluding carboxylic acids is 2. The van der Waals surface area contributed by atoms with Crippen LogP contribution in [0.2, 0.25) is 0 Å². The van der Waals surface area contributed by atoms with Gasteiger partial charge >= 0.3 is 5.97 Å². The predicted octanol–water partition coefficient (Wildman–Crippen LogP) is 4.29. The molecule has 1 amide bonds. The van der Waals surface area contributed by atoms with Gasteiger partial charge in [-0.2, -0.15) is 4.99 Å². The first-order chi connectivity index (χ1) is 18.3. The number of benzene rings is 3. The van der Waals surface area contributed by atoms with Crippen molar-refractivity contribution in [2.75, 3.05) is 17.5 Å². The van der Waals surface area contributed by atoms with Gasteiger partial charge in [-0.1, -0.05) is 35.6 Å². The van der Waals surface area contributed by atoms with E-state index in [0.717, 1.165) is 23.3 Å². The SMILES string of the molecule is CCOC(=O)Cn1c(=NC(=O)c2ccc(S(=O)(=O)N3CCCc4ccccc43)cc2)sc2cccc(F)c21. The summed E-state index contributed by atoms with van der Waals surface area (Å²) in [6.45, 7) is 1.89. The number of fused-ring (bicyclic) bond motifs is 2. The molecule has 2 heterocycles. The van der Waals surface area contributed by atoms with Gasteiger partial charge < -0.3 is 9.30 Å². The fraction of sp³-hybridized carbons (Fsp3) is 0.222. The zero-order valence-corrected chi connectivity index (χ0v) is 22.1. The molecular weight excluding hydrogens is 529 g/mol. The van der Waals surface area contributed by atoms with Crippen LogP contribution >= 0.6 is 11.3 Å². The van der Waals surface area contributed by atoms with Crippen molar-refractivity contribution in [2.24, 2.45) is 4.99 Å². The molecule has 0 atom stereocenters. The Morgan fingerprint density at radius 2 is 1.82 bits per heavy atom. The molecule has 0 radical (unpaired) electrons. The number of amides is 1. The van der Waals surface area contributed by atoms with Crippen LogP contribution in [0.3, 0.4) is 0 Å². The lowest BCUT2D eigenvalue weighted by Crippen LogP contribution is -2.35. The van der Waals surface area contributed by atoms with E-state index in [9.17, 15) is 22.4 Å². The number of anilines is 1. The number of halogens is 1. The lowest BCUT2D eigenvalue weighted by atomic mass is 10.0. The van der Waals surface area contributed by atoms with Gasteiger partial charge in [0.05, 0.1) is 27.4 Å². The van der Waals surface area contributed by atoms with Crippen molar-refractivity contribution in [1.29, 1.82) is 0 Å². The summed E-state index contributed by atoms with van der Waals surface area (Å²) >= 11 is 1.07. The van der Waals surface area contributed by atoms with E-state index in [1.807, 2.05) is 18.2 Å². The Morgan fingerprint density at radius 1 is 1.05 bits per heavy atom. The molecule has 0 saturated carbocycles. The highest BCUT2D eigenvalue weighted by Gasteiger charge is 2.29. The molecule has 4 aromatic rings. The molecule has 8 nitrogen and oxygen atoms in total. The molecule has 5 rings (SSSR count). The summed E-state index contributed by atoms with van der Waals surface area (Å²) in [5.41, 5.74) is 1.95. The average molecular weight is 554 g/mol. The molecule has 1 aliphatic rings. The Labute approximate surface area is 222 Å². The van der Waals surface area contributed by atoms with E-state index in [2.05, 4.69) is 4.99 Å². The minimum absolute atomic E-state index is 0.0621. The highest BCUT2D eigenvalue weighted by Crippen LogP contribution is 2.32. The summed E-state index contributed by atoms with van der Waals surface area (Å²) in [7, 11) is -3.83. The third-order valence-corrected chi connectivity index (χ3v) is 9.07. The number of thiazole rings is 1. The van der Waals surface area contributed by atoms with Gasteiger partial charge in [0.2, 0.25) is 0 Å². The van der Waals surface area contributed by atoms with Gasteiger partial charge in [0.1, 0.15) is 12.4 Å². The second-order valence-electron chi connectivity index (χ2n) is 8.61. The van der Waals surface area contributed by atoms with Crippen LogP contribution in [0.4, 0.5) is 10.1 Å². The minimum Gasteiger partial charge on any atom is -0.465 e. The van der Waals surface area contributed by atoms with Crippen LogP contribution in [-0.4, -0.2) is 38.0 Å². The largest absolute Gasteiger partial charge is 0.465 e. The van der Waals surface area contributed by atoms with Crippen molar-refractivity contribution in [3.63, 3.8) is 0 Å². The van der Waals surface area contributed by atoms with Gasteiger partial charge in [-0.05, 0) is 67.8 Å². The summed E-state index contributed by atoms with van der Waals surface area (Å²) in [5.74, 6) is -1.79. The summed E-state index contributed by atoms with van der Waals surface area (Å²) in [6.07, 6.45) is 1.53. The van der Waals surface area contributed by atoms with E-state index in [0.29, 0.717) is 23.4 Å². The molecule has 196 valence electrons. The van der Waals surface area contributed by atoms with Crippen molar-refractivity contribution in [2.45, 2.75) is 31.2 Å². The topological polar surface area (TPSA) is 98.0 Å². The van der Waals surface area contributed by atoms with E-state index < -0.39 is 27.7 Å². The van der Waals surface area contributed by atoms with Crippen molar-refractivity contribution >= 4 is 49.1 Å². The lowest BCUT2D eigenvalue weighted by Gasteiger charge is -2.30. The third-order valence-electron chi connectivity index (χ3n) is 6.20. The summed E-state index contributed by atoms with van der Waals surface area (Å²) in [6, 6.07) is 17.5. The number of esters is 1. The molecule has 0 aliphatic carbocycles. The van der Waals surface area contributed by atoms with Gasteiger partial charge in [0, 0.05) is 12.1 Å². The minimum atomic E-state index is -3.83. The van der Waals surface area contributed by atoms with E-state index in [1.165, 1.54) is 45.3 Å². The zero-order chi connectivity index (χ0) is 26.9. The third kappa shape index (κ3) is 4.86. The van der Waals surface area contributed by atoms with Gasteiger partial charge in [0.25, 0.3) is 15.9 Å². The number of aromatic nitrogens is 1. The molecule has 0 bridgehead atoms. The van der Waals surface area contributed by atoms with E-state index >= 15 is 0 Å². The number of nitrogens with zero attached hydrogens (tertiary/aromatic N) is 3. The number of ether oxygens (including phenoxy) is 1. The molecule has 1 aromatic heterocycles. The highest BCUT2D eigenvalue weighted by atomic mass is 32.2. The van der Waals surface area contributed by atoms with Crippen LogP contribution in [0.1, 0.15) is 29.3 Å². The number of rotatable bonds is 6. The summed E-state index contributed by atoms with van der Waals surface area (Å²) < 4.78 is 49.6. The van der Waals surface area contributed by atoms with Gasteiger partial charge in [-0.3, -0.25) is 13.9 Å². The molecule has 3 aromatic carbocycles. The van der Waals surface area contributed by atoms with Gasteiger partial charge in [-0.15, -0.1) is 0 Å². The van der Waals surface area contributed by atoms with E-state index in [-0.39, 0.29) is 33.9 Å². The molecule has 0 fully saturated rings. The van der Waals surface area contributed by atoms with Gasteiger partial charge in [-0.25, -0.2) is 12.8 Å². The average Bonchev–Trinajstić information content (AvgIpc) is 3.26. The standard InChI is InChI=1S/C27H24FN3O5S2/c1-2-36-24(32)17-30-25-21(28)9-5-11-23(25)37-27(30)29-26(33)19-12-14-20(15-13-19)38(34,35)31-16-6-8-18-7-3-4-10-22(18)31/h3-5,7,9-15H,2,6,8,16-17H2,1H3. The first kappa shape index (κ1) is 25.8. The van der Waals surface area contributed by atoms with Crippen LogP contribution in [0, 0.1) is 5.82 Å². The normalized spacial score (nSPS) is 13.9. The van der Waals surface area contributed by atoms with Crippen LogP contribution in [0.15, 0.2) is 76.6 Å². The van der Waals surface area contributed by atoms with Crippen LogP contribution in [0.25, 0.3) is 10.2 Å². The summed E-state index contributed by atoms with van der Waals surface area (Å²) in [5, 5.41) is 0. The van der Waals surface area contributed by atoms with E-state index in [4.69, 9.17) is 4.74 Å². The Balaban J connectivity index is 1.47. The maximum absolute atomic E-state index is 14.6. The molecule has 0 spiro atoms. The number of hydrogen-bond donors (Lipinski definition) is 0. The quantitative estimate of drug-likeness (QED) is 0.332.